The second-order valence-corrected chi connectivity index (χ2v) is 9.71. The van der Waals surface area contributed by atoms with E-state index < -0.39 is 0 Å². The highest BCUT2D eigenvalue weighted by Gasteiger charge is 2.23. The summed E-state index contributed by atoms with van der Waals surface area (Å²) in [6.07, 6.45) is 6.23. The topological polar surface area (TPSA) is 150 Å². The van der Waals surface area contributed by atoms with Crippen molar-refractivity contribution in [3.63, 3.8) is 0 Å². The van der Waals surface area contributed by atoms with Crippen LogP contribution in [-0.4, -0.2) is 84.0 Å². The van der Waals surface area contributed by atoms with E-state index in [1.807, 2.05) is 23.2 Å². The lowest BCUT2D eigenvalue weighted by atomic mass is 10.1. The lowest BCUT2D eigenvalue weighted by Crippen LogP contribution is -2.48. The van der Waals surface area contributed by atoms with Gasteiger partial charge in [0.05, 0.1) is 32.5 Å². The largest absolute Gasteiger partial charge is 0.496 e. The molecule has 5 N–H and O–H groups in total. The summed E-state index contributed by atoms with van der Waals surface area (Å²) < 4.78 is 13.4. The van der Waals surface area contributed by atoms with Gasteiger partial charge in [0.1, 0.15) is 17.0 Å². The Kier molecular flexibility index (Phi) is 9.64. The molecule has 212 valence electrons. The fourth-order valence-electron chi connectivity index (χ4n) is 4.83. The fraction of sp³-hybridized carbons (Fsp3) is 0.556. The van der Waals surface area contributed by atoms with Crippen molar-refractivity contribution in [1.29, 1.82) is 0 Å². The van der Waals surface area contributed by atoms with Crippen LogP contribution in [-0.2, 0) is 11.3 Å². The molecule has 39 heavy (non-hydrogen) atoms. The Balaban J connectivity index is 1.51. The molecule has 3 aromatic rings. The first-order valence-electron chi connectivity index (χ1n) is 13.7. The maximum absolute atomic E-state index is 12.5. The second-order valence-electron chi connectivity index (χ2n) is 9.71. The first-order chi connectivity index (χ1) is 19.0. The molecule has 1 aromatic carbocycles. The maximum Gasteiger partial charge on any atom is 0.222 e. The smallest absolute Gasteiger partial charge is 0.222 e. The monoisotopic (exact) mass is 539 g/mol. The number of nitrogen functional groups attached to an aromatic ring is 1. The molecule has 0 atom stereocenters. The van der Waals surface area contributed by atoms with Crippen molar-refractivity contribution in [3.05, 3.63) is 23.9 Å². The first kappa shape index (κ1) is 28.2. The number of carbonyl (C=O) groups excluding carboxylic acids is 1. The van der Waals surface area contributed by atoms with Crippen LogP contribution in [0.15, 0.2) is 18.3 Å². The predicted molar refractivity (Wildman–Crippen MR) is 153 cm³/mol. The zero-order valence-corrected chi connectivity index (χ0v) is 23.3. The quantitative estimate of drug-likeness (QED) is 0.276. The Hall–Kier alpha value is -3.80. The van der Waals surface area contributed by atoms with Crippen LogP contribution in [0.1, 0.15) is 44.6 Å². The van der Waals surface area contributed by atoms with Gasteiger partial charge in [-0.25, -0.2) is 4.98 Å². The van der Waals surface area contributed by atoms with Gasteiger partial charge in [-0.3, -0.25) is 9.48 Å². The summed E-state index contributed by atoms with van der Waals surface area (Å²) in [4.78, 5) is 25.4. The third-order valence-corrected chi connectivity index (χ3v) is 7.01. The van der Waals surface area contributed by atoms with Gasteiger partial charge in [0.2, 0.25) is 11.9 Å². The molecular formula is C27H41N9O3. The molecule has 1 saturated heterocycles. The van der Waals surface area contributed by atoms with Gasteiger partial charge in [-0.1, -0.05) is 13.3 Å². The summed E-state index contributed by atoms with van der Waals surface area (Å²) >= 11 is 0. The third kappa shape index (κ3) is 6.80. The van der Waals surface area contributed by atoms with Crippen LogP contribution < -0.4 is 31.2 Å². The zero-order chi connectivity index (χ0) is 27.8. The number of ether oxygens (including phenoxy) is 2. The minimum absolute atomic E-state index is 0.204. The van der Waals surface area contributed by atoms with Crippen LogP contribution in [0.2, 0.25) is 0 Å². The number of methoxy groups -OCH3 is 2. The van der Waals surface area contributed by atoms with Crippen LogP contribution >= 0.6 is 0 Å². The highest BCUT2D eigenvalue weighted by atomic mass is 16.5. The number of hydrogen-bond acceptors (Lipinski definition) is 10. The van der Waals surface area contributed by atoms with E-state index in [0.29, 0.717) is 61.0 Å². The highest BCUT2D eigenvalue weighted by Crippen LogP contribution is 2.36. The number of carbonyl (C=O) groups is 1. The van der Waals surface area contributed by atoms with Gasteiger partial charge in [0, 0.05) is 57.0 Å². The summed E-state index contributed by atoms with van der Waals surface area (Å²) in [5.74, 6) is 2.46. The molecule has 1 aliphatic rings. The lowest BCUT2D eigenvalue weighted by Gasteiger charge is -2.36. The normalized spacial score (nSPS) is 13.6. The molecule has 2 aromatic heterocycles. The summed E-state index contributed by atoms with van der Waals surface area (Å²) in [7, 11) is 3.31. The van der Waals surface area contributed by atoms with E-state index in [0.717, 1.165) is 56.6 Å². The summed E-state index contributed by atoms with van der Waals surface area (Å²) in [5.41, 5.74) is 14.7. The van der Waals surface area contributed by atoms with Gasteiger partial charge in [0.15, 0.2) is 11.3 Å². The van der Waals surface area contributed by atoms with Crippen molar-refractivity contribution in [3.8, 4) is 11.5 Å². The Morgan fingerprint density at radius 1 is 1.05 bits per heavy atom. The van der Waals surface area contributed by atoms with Crippen molar-refractivity contribution in [2.45, 2.75) is 45.6 Å². The Bertz CT molecular complexity index is 1230. The standard InChI is InChI=1S/C27H41N9O3/c1-4-5-10-30-26-25-21(31-27(29)32-26)18-36(33-25)17-20-22(38-2)15-19(16-23(20)39-3)34-11-13-35(14-12-34)24(37)8-6-7-9-28/h15-16,18H,4-14,17,28H2,1-3H3,(H3,29,30,31,32). The van der Waals surface area contributed by atoms with E-state index in [1.54, 1.807) is 18.9 Å². The number of piperazine rings is 1. The molecule has 0 unspecified atom stereocenters. The molecule has 12 nitrogen and oxygen atoms in total. The van der Waals surface area contributed by atoms with Gasteiger partial charge >= 0.3 is 0 Å². The SMILES string of the molecule is CCCCNc1nc(N)nc2cn(Cc3c(OC)cc(N4CCN(C(=O)CCCCN)CC4)cc3OC)nc12. The Labute approximate surface area is 229 Å². The minimum Gasteiger partial charge on any atom is -0.496 e. The van der Waals surface area contributed by atoms with Crippen molar-refractivity contribution in [2.75, 3.05) is 69.4 Å². The molecule has 0 aliphatic carbocycles. The molecule has 1 fully saturated rings. The van der Waals surface area contributed by atoms with E-state index in [4.69, 9.17) is 26.0 Å². The second kappa shape index (κ2) is 13.3. The van der Waals surface area contributed by atoms with Crippen LogP contribution in [0, 0.1) is 0 Å². The average molecular weight is 540 g/mol. The van der Waals surface area contributed by atoms with E-state index in [-0.39, 0.29) is 11.9 Å². The van der Waals surface area contributed by atoms with Gasteiger partial charge in [-0.15, -0.1) is 0 Å². The Morgan fingerprint density at radius 2 is 1.77 bits per heavy atom. The molecule has 1 amide bonds. The number of nitrogens with two attached hydrogens (primary N) is 2. The van der Waals surface area contributed by atoms with Gasteiger partial charge < -0.3 is 36.1 Å². The highest BCUT2D eigenvalue weighted by molar-refractivity contribution is 5.85. The third-order valence-electron chi connectivity index (χ3n) is 7.01. The first-order valence-corrected chi connectivity index (χ1v) is 13.7. The number of nitrogens with one attached hydrogen (secondary N) is 1. The molecule has 0 saturated carbocycles. The number of unbranched alkanes of at least 4 members (excludes halogenated alkanes) is 2. The predicted octanol–water partition coefficient (Wildman–Crippen LogP) is 2.46. The molecule has 3 heterocycles. The van der Waals surface area contributed by atoms with E-state index >= 15 is 0 Å². The number of anilines is 3. The molecule has 12 heteroatoms. The fourth-order valence-corrected chi connectivity index (χ4v) is 4.83. The van der Waals surface area contributed by atoms with E-state index in [9.17, 15) is 4.79 Å². The average Bonchev–Trinajstić information content (AvgIpc) is 3.35. The molecule has 1 aliphatic heterocycles. The molecule has 4 rings (SSSR count). The van der Waals surface area contributed by atoms with Crippen molar-refractivity contribution in [2.24, 2.45) is 5.73 Å². The summed E-state index contributed by atoms with van der Waals surface area (Å²) in [6, 6.07) is 4.05. The maximum atomic E-state index is 12.5. The van der Waals surface area contributed by atoms with Crippen LogP contribution in [0.5, 0.6) is 11.5 Å². The number of amides is 1. The van der Waals surface area contributed by atoms with Crippen molar-refractivity contribution in [1.82, 2.24) is 24.6 Å². The molecule has 0 bridgehead atoms. The van der Waals surface area contributed by atoms with Gasteiger partial charge in [-0.05, 0) is 25.8 Å². The van der Waals surface area contributed by atoms with Crippen LogP contribution in [0.4, 0.5) is 17.5 Å². The zero-order valence-electron chi connectivity index (χ0n) is 23.3. The van der Waals surface area contributed by atoms with Crippen molar-refractivity contribution < 1.29 is 14.3 Å². The minimum atomic E-state index is 0.204. The number of aromatic nitrogens is 4. The Morgan fingerprint density at radius 3 is 2.41 bits per heavy atom. The van der Waals surface area contributed by atoms with Gasteiger partial charge in [0.25, 0.3) is 0 Å². The molecule has 0 spiro atoms. The van der Waals surface area contributed by atoms with Crippen LogP contribution in [0.25, 0.3) is 11.0 Å². The van der Waals surface area contributed by atoms with E-state index in [2.05, 4.69) is 27.1 Å². The summed E-state index contributed by atoms with van der Waals surface area (Å²) in [6.45, 7) is 6.83. The van der Waals surface area contributed by atoms with Gasteiger partial charge in [-0.2, -0.15) is 10.1 Å². The molecular weight excluding hydrogens is 498 g/mol. The summed E-state index contributed by atoms with van der Waals surface area (Å²) in [5, 5.41) is 8.08. The molecule has 0 radical (unpaired) electrons. The van der Waals surface area contributed by atoms with Crippen LogP contribution in [0.3, 0.4) is 0 Å². The number of nitrogens with zero attached hydrogens (tertiary/aromatic N) is 6. The number of benzene rings is 1. The number of rotatable bonds is 13. The van der Waals surface area contributed by atoms with Crippen molar-refractivity contribution >= 4 is 34.4 Å². The van der Waals surface area contributed by atoms with E-state index in [1.165, 1.54) is 0 Å². The number of fused-ring (bicyclic) bond motifs is 1. The lowest BCUT2D eigenvalue weighted by molar-refractivity contribution is -0.131. The number of hydrogen-bond donors (Lipinski definition) is 3.